The number of hydrogen-bond acceptors (Lipinski definition) is 1. The largest absolute Gasteiger partial charge is 0.416 e. The van der Waals surface area contributed by atoms with Gasteiger partial charge in [0.05, 0.1) is 16.1 Å². The molecule has 2 aromatic rings. The first kappa shape index (κ1) is 16.1. The van der Waals surface area contributed by atoms with Crippen molar-refractivity contribution in [3.8, 4) is 0 Å². The van der Waals surface area contributed by atoms with Crippen molar-refractivity contribution in [2.45, 2.75) is 45.7 Å². The quantitative estimate of drug-likeness (QED) is 0.715. The fourth-order valence-corrected chi connectivity index (χ4v) is 3.13. The second-order valence-corrected chi connectivity index (χ2v) is 6.55. The van der Waals surface area contributed by atoms with Gasteiger partial charge in [0.1, 0.15) is 11.3 Å². The first-order valence-corrected chi connectivity index (χ1v) is 7.11. The number of nitrogens with zero attached hydrogens (tertiary/aromatic N) is 2. The van der Waals surface area contributed by atoms with Gasteiger partial charge in [-0.05, 0) is 17.0 Å². The van der Waals surface area contributed by atoms with Gasteiger partial charge in [-0.3, -0.25) is 0 Å². The molecule has 1 aromatic heterocycles. The standard InChI is InChI=1S/C15H18ClF3N2/c1-6-10-20-13-9(21(10)5)7-8(15(17,18)19)11(12(13)16)14(2,3)4/h7H,6H2,1-5H3. The van der Waals surface area contributed by atoms with Crippen LogP contribution in [-0.2, 0) is 25.1 Å². The first-order valence-electron chi connectivity index (χ1n) is 6.74. The molecule has 21 heavy (non-hydrogen) atoms. The van der Waals surface area contributed by atoms with E-state index < -0.39 is 17.2 Å². The Hall–Kier alpha value is -1.23. The summed E-state index contributed by atoms with van der Waals surface area (Å²) in [5.41, 5.74) is -0.450. The number of rotatable bonds is 1. The highest BCUT2D eigenvalue weighted by atomic mass is 35.5. The second-order valence-electron chi connectivity index (χ2n) is 6.17. The molecule has 2 nitrogen and oxygen atoms in total. The Bertz CT molecular complexity index is 694. The van der Waals surface area contributed by atoms with Crippen LogP contribution in [0.4, 0.5) is 13.2 Å². The summed E-state index contributed by atoms with van der Waals surface area (Å²) >= 11 is 6.30. The molecule has 0 aliphatic heterocycles. The minimum atomic E-state index is -4.45. The molecule has 6 heteroatoms. The van der Waals surface area contributed by atoms with Gasteiger partial charge < -0.3 is 4.57 Å². The van der Waals surface area contributed by atoms with Crippen molar-refractivity contribution in [1.82, 2.24) is 9.55 Å². The number of halogens is 4. The van der Waals surface area contributed by atoms with Gasteiger partial charge in [0.15, 0.2) is 0 Å². The van der Waals surface area contributed by atoms with Gasteiger partial charge in [-0.1, -0.05) is 39.3 Å². The maximum absolute atomic E-state index is 13.4. The summed E-state index contributed by atoms with van der Waals surface area (Å²) in [5, 5.41) is 0.0997. The Morgan fingerprint density at radius 3 is 2.24 bits per heavy atom. The number of aromatic nitrogens is 2. The molecule has 0 aliphatic carbocycles. The fraction of sp³-hybridized carbons (Fsp3) is 0.533. The monoisotopic (exact) mass is 318 g/mol. The summed E-state index contributed by atoms with van der Waals surface area (Å²) in [6.07, 6.45) is -3.81. The topological polar surface area (TPSA) is 17.8 Å². The summed E-state index contributed by atoms with van der Waals surface area (Å²) in [6.45, 7) is 7.07. The summed E-state index contributed by atoms with van der Waals surface area (Å²) in [5.74, 6) is 0.714. The van der Waals surface area contributed by atoms with Crippen molar-refractivity contribution in [2.75, 3.05) is 0 Å². The molecule has 0 radical (unpaired) electrons. The van der Waals surface area contributed by atoms with Gasteiger partial charge in [0.2, 0.25) is 0 Å². The molecular formula is C15H18ClF3N2. The van der Waals surface area contributed by atoms with Crippen LogP contribution in [0.3, 0.4) is 0 Å². The smallest absolute Gasteiger partial charge is 0.331 e. The second kappa shape index (κ2) is 4.90. The van der Waals surface area contributed by atoms with E-state index in [0.717, 1.165) is 6.07 Å². The molecule has 0 N–H and O–H groups in total. The molecule has 116 valence electrons. The van der Waals surface area contributed by atoms with E-state index in [9.17, 15) is 13.2 Å². The van der Waals surface area contributed by atoms with Gasteiger partial charge in [-0.25, -0.2) is 4.98 Å². The molecule has 0 aliphatic rings. The van der Waals surface area contributed by atoms with E-state index in [1.54, 1.807) is 32.4 Å². The highest BCUT2D eigenvalue weighted by Gasteiger charge is 2.39. The molecule has 1 heterocycles. The van der Waals surface area contributed by atoms with E-state index >= 15 is 0 Å². The minimum Gasteiger partial charge on any atom is -0.331 e. The Kier molecular flexibility index (Phi) is 3.77. The van der Waals surface area contributed by atoms with Crippen LogP contribution in [0.25, 0.3) is 11.0 Å². The third-order valence-corrected chi connectivity index (χ3v) is 3.95. The SMILES string of the molecule is CCc1nc2c(Cl)c(C(C)(C)C)c(C(F)(F)F)cc2n1C. The van der Waals surface area contributed by atoms with Crippen LogP contribution in [0.15, 0.2) is 6.07 Å². The van der Waals surface area contributed by atoms with E-state index in [1.807, 2.05) is 6.92 Å². The third-order valence-electron chi connectivity index (χ3n) is 3.58. The molecule has 0 saturated carbocycles. The van der Waals surface area contributed by atoms with E-state index in [-0.39, 0.29) is 10.6 Å². The molecule has 0 fully saturated rings. The van der Waals surface area contributed by atoms with Crippen molar-refractivity contribution < 1.29 is 13.2 Å². The summed E-state index contributed by atoms with van der Waals surface area (Å²) in [7, 11) is 1.71. The number of aryl methyl sites for hydroxylation is 2. The predicted octanol–water partition coefficient (Wildman–Crippen LogP) is 5.11. The molecule has 0 saturated heterocycles. The normalized spacial score (nSPS) is 13.2. The van der Waals surface area contributed by atoms with Crippen molar-refractivity contribution in [1.29, 1.82) is 0 Å². The number of benzene rings is 1. The summed E-state index contributed by atoms with van der Waals surface area (Å²) in [4.78, 5) is 4.39. The van der Waals surface area contributed by atoms with Crippen molar-refractivity contribution in [3.63, 3.8) is 0 Å². The van der Waals surface area contributed by atoms with Crippen LogP contribution >= 0.6 is 11.6 Å². The Labute approximate surface area is 126 Å². The Balaban J connectivity index is 2.97. The highest BCUT2D eigenvalue weighted by Crippen LogP contribution is 2.44. The lowest BCUT2D eigenvalue weighted by Crippen LogP contribution is -2.20. The molecule has 0 atom stereocenters. The van der Waals surface area contributed by atoms with E-state index in [2.05, 4.69) is 4.98 Å². The Morgan fingerprint density at radius 2 is 1.81 bits per heavy atom. The van der Waals surface area contributed by atoms with Gasteiger partial charge in [-0.15, -0.1) is 0 Å². The zero-order valence-corrected chi connectivity index (χ0v) is 13.4. The van der Waals surface area contributed by atoms with E-state index in [4.69, 9.17) is 11.6 Å². The first-order chi connectivity index (χ1) is 9.48. The predicted molar refractivity (Wildman–Crippen MR) is 78.8 cm³/mol. The summed E-state index contributed by atoms with van der Waals surface area (Å²) < 4.78 is 41.9. The lowest BCUT2D eigenvalue weighted by molar-refractivity contribution is -0.138. The zero-order valence-electron chi connectivity index (χ0n) is 12.7. The molecule has 0 spiro atoms. The van der Waals surface area contributed by atoms with Gasteiger partial charge in [0.25, 0.3) is 0 Å². The number of imidazole rings is 1. The number of fused-ring (bicyclic) bond motifs is 1. The van der Waals surface area contributed by atoms with Crippen LogP contribution in [0.1, 0.15) is 44.6 Å². The average molecular weight is 319 g/mol. The maximum Gasteiger partial charge on any atom is 0.416 e. The number of hydrogen-bond donors (Lipinski definition) is 0. The van der Waals surface area contributed by atoms with Gasteiger partial charge in [-0.2, -0.15) is 13.2 Å². The Morgan fingerprint density at radius 1 is 1.24 bits per heavy atom. The molecule has 0 bridgehead atoms. The lowest BCUT2D eigenvalue weighted by atomic mass is 9.83. The van der Waals surface area contributed by atoms with E-state index in [0.29, 0.717) is 23.3 Å². The molecule has 0 unspecified atom stereocenters. The average Bonchev–Trinajstić information content (AvgIpc) is 2.64. The van der Waals surface area contributed by atoms with Crippen LogP contribution < -0.4 is 0 Å². The van der Waals surface area contributed by atoms with Crippen LogP contribution in [-0.4, -0.2) is 9.55 Å². The van der Waals surface area contributed by atoms with Gasteiger partial charge in [0, 0.05) is 13.5 Å². The maximum atomic E-state index is 13.4. The van der Waals surface area contributed by atoms with Crippen LogP contribution in [0.5, 0.6) is 0 Å². The third kappa shape index (κ3) is 2.63. The lowest BCUT2D eigenvalue weighted by Gasteiger charge is -2.25. The zero-order chi connectivity index (χ0) is 16.2. The van der Waals surface area contributed by atoms with Crippen molar-refractivity contribution >= 4 is 22.6 Å². The van der Waals surface area contributed by atoms with Crippen LogP contribution in [0, 0.1) is 0 Å². The van der Waals surface area contributed by atoms with Crippen molar-refractivity contribution in [3.05, 3.63) is 28.0 Å². The number of alkyl halides is 3. The van der Waals surface area contributed by atoms with Crippen molar-refractivity contribution in [2.24, 2.45) is 7.05 Å². The van der Waals surface area contributed by atoms with Crippen LogP contribution in [0.2, 0.25) is 5.02 Å². The molecular weight excluding hydrogens is 301 g/mol. The van der Waals surface area contributed by atoms with Gasteiger partial charge >= 0.3 is 6.18 Å². The molecule has 0 amide bonds. The summed E-state index contributed by atoms with van der Waals surface area (Å²) in [6, 6.07) is 1.16. The molecule has 2 rings (SSSR count). The highest BCUT2D eigenvalue weighted by molar-refractivity contribution is 6.36. The minimum absolute atomic E-state index is 0.0997. The fourth-order valence-electron chi connectivity index (χ4n) is 2.60. The van der Waals surface area contributed by atoms with E-state index in [1.165, 1.54) is 0 Å². The molecule has 1 aromatic carbocycles.